The summed E-state index contributed by atoms with van der Waals surface area (Å²) in [6, 6.07) is 13.8. The number of nitrogens with one attached hydrogen (secondary N) is 2. The lowest BCUT2D eigenvalue weighted by Crippen LogP contribution is -2.42. The quantitative estimate of drug-likeness (QED) is 0.443. The van der Waals surface area contributed by atoms with Gasteiger partial charge in [-0.05, 0) is 69.9 Å². The number of sulfonamides is 1. The van der Waals surface area contributed by atoms with Gasteiger partial charge in [-0.25, -0.2) is 22.9 Å². The van der Waals surface area contributed by atoms with E-state index in [-0.39, 0.29) is 29.4 Å². The van der Waals surface area contributed by atoms with E-state index in [9.17, 15) is 18.0 Å². The zero-order valence-electron chi connectivity index (χ0n) is 21.2. The summed E-state index contributed by atoms with van der Waals surface area (Å²) in [5, 5.41) is 3.48. The SMILES string of the molecule is CC(C)(C)OC(=O)N1CCC(CC(=O)Nc2cccc(S(=O)(=O)NCc3nc4ccccc4s3)c2)CC1. The molecule has 1 saturated heterocycles. The lowest BCUT2D eigenvalue weighted by Gasteiger charge is -2.33. The number of hydrogen-bond donors (Lipinski definition) is 2. The van der Waals surface area contributed by atoms with Crippen LogP contribution < -0.4 is 10.0 Å². The summed E-state index contributed by atoms with van der Waals surface area (Å²) in [6.07, 6.45) is 1.38. The lowest BCUT2D eigenvalue weighted by molar-refractivity contribution is -0.117. The van der Waals surface area contributed by atoms with Gasteiger partial charge in [-0.2, -0.15) is 0 Å². The van der Waals surface area contributed by atoms with Crippen LogP contribution in [0.2, 0.25) is 0 Å². The first-order valence-electron chi connectivity index (χ1n) is 12.2. The van der Waals surface area contributed by atoms with Crippen molar-refractivity contribution < 1.29 is 22.7 Å². The number of likely N-dealkylation sites (tertiary alicyclic amines) is 1. The maximum atomic E-state index is 12.9. The minimum Gasteiger partial charge on any atom is -0.444 e. The number of ether oxygens (including phenoxy) is 1. The van der Waals surface area contributed by atoms with Gasteiger partial charge in [0.05, 0.1) is 21.7 Å². The number of carbonyl (C=O) groups excluding carboxylic acids is 2. The van der Waals surface area contributed by atoms with Gasteiger partial charge < -0.3 is 15.0 Å². The molecule has 0 bridgehead atoms. The zero-order chi connectivity index (χ0) is 26.6. The topological polar surface area (TPSA) is 118 Å². The Morgan fingerprint density at radius 1 is 1.11 bits per heavy atom. The molecule has 198 valence electrons. The summed E-state index contributed by atoms with van der Waals surface area (Å²) in [5.41, 5.74) is 0.710. The number of aromatic nitrogens is 1. The molecule has 0 spiro atoms. The Kier molecular flexibility index (Phi) is 8.15. The molecule has 1 fully saturated rings. The molecule has 0 radical (unpaired) electrons. The monoisotopic (exact) mass is 544 g/mol. The van der Waals surface area contributed by atoms with Crippen LogP contribution in [0.3, 0.4) is 0 Å². The van der Waals surface area contributed by atoms with Crippen molar-refractivity contribution in [2.45, 2.75) is 57.1 Å². The highest BCUT2D eigenvalue weighted by atomic mass is 32.2. The average molecular weight is 545 g/mol. The highest BCUT2D eigenvalue weighted by Crippen LogP contribution is 2.24. The Labute approximate surface area is 221 Å². The molecule has 2 amide bonds. The van der Waals surface area contributed by atoms with E-state index in [1.165, 1.54) is 23.5 Å². The molecule has 37 heavy (non-hydrogen) atoms. The molecule has 1 aliphatic rings. The smallest absolute Gasteiger partial charge is 0.410 e. The summed E-state index contributed by atoms with van der Waals surface area (Å²) < 4.78 is 34.7. The average Bonchev–Trinajstić information content (AvgIpc) is 3.25. The van der Waals surface area contributed by atoms with Gasteiger partial charge in [-0.1, -0.05) is 18.2 Å². The van der Waals surface area contributed by atoms with Crippen molar-refractivity contribution in [2.24, 2.45) is 5.92 Å². The number of thiazole rings is 1. The van der Waals surface area contributed by atoms with E-state index in [0.29, 0.717) is 43.0 Å². The molecule has 1 aliphatic heterocycles. The number of anilines is 1. The summed E-state index contributed by atoms with van der Waals surface area (Å²) >= 11 is 1.44. The van der Waals surface area contributed by atoms with Crippen molar-refractivity contribution in [1.29, 1.82) is 0 Å². The Morgan fingerprint density at radius 3 is 2.54 bits per heavy atom. The standard InChI is InChI=1S/C26H32N4O5S2/c1-26(2,3)35-25(32)30-13-11-18(12-14-30)15-23(31)28-19-7-6-8-20(16-19)37(33,34)27-17-24-29-21-9-4-5-10-22(21)36-24/h4-10,16,18,27H,11-15,17H2,1-3H3,(H,28,31). The zero-order valence-corrected chi connectivity index (χ0v) is 22.8. The van der Waals surface area contributed by atoms with Crippen LogP contribution in [0.15, 0.2) is 53.4 Å². The predicted molar refractivity (Wildman–Crippen MR) is 144 cm³/mol. The number of piperidine rings is 1. The van der Waals surface area contributed by atoms with Gasteiger partial charge in [0, 0.05) is 25.2 Å². The highest BCUT2D eigenvalue weighted by Gasteiger charge is 2.28. The second kappa shape index (κ2) is 11.2. The molecule has 2 heterocycles. The van der Waals surface area contributed by atoms with Crippen molar-refractivity contribution >= 4 is 49.3 Å². The predicted octanol–water partition coefficient (Wildman–Crippen LogP) is 4.75. The van der Waals surface area contributed by atoms with E-state index in [1.54, 1.807) is 17.0 Å². The van der Waals surface area contributed by atoms with Crippen LogP contribution >= 0.6 is 11.3 Å². The van der Waals surface area contributed by atoms with E-state index >= 15 is 0 Å². The van der Waals surface area contributed by atoms with Crippen LogP contribution in [0.5, 0.6) is 0 Å². The third kappa shape index (κ3) is 7.50. The largest absolute Gasteiger partial charge is 0.444 e. The fraction of sp³-hybridized carbons (Fsp3) is 0.423. The van der Waals surface area contributed by atoms with Gasteiger partial charge in [0.2, 0.25) is 15.9 Å². The molecule has 11 heteroatoms. The Hall–Kier alpha value is -3.02. The van der Waals surface area contributed by atoms with Crippen molar-refractivity contribution in [3.05, 3.63) is 53.5 Å². The molecule has 4 rings (SSSR count). The Bertz CT molecular complexity index is 1340. The number of para-hydroxylation sites is 1. The number of benzene rings is 2. The van der Waals surface area contributed by atoms with Crippen molar-refractivity contribution in [2.75, 3.05) is 18.4 Å². The molecule has 3 aromatic rings. The fourth-order valence-electron chi connectivity index (χ4n) is 4.10. The third-order valence-electron chi connectivity index (χ3n) is 5.92. The van der Waals surface area contributed by atoms with Crippen LogP contribution in [0.4, 0.5) is 10.5 Å². The first-order valence-corrected chi connectivity index (χ1v) is 14.5. The van der Waals surface area contributed by atoms with Crippen LogP contribution in [0, 0.1) is 5.92 Å². The molecular weight excluding hydrogens is 512 g/mol. The molecule has 2 N–H and O–H groups in total. The maximum absolute atomic E-state index is 12.9. The molecular formula is C26H32N4O5S2. The summed E-state index contributed by atoms with van der Waals surface area (Å²) in [4.78, 5) is 31.1. The maximum Gasteiger partial charge on any atom is 0.410 e. The van der Waals surface area contributed by atoms with Crippen molar-refractivity contribution in [1.82, 2.24) is 14.6 Å². The van der Waals surface area contributed by atoms with Gasteiger partial charge in [-0.15, -0.1) is 11.3 Å². The summed E-state index contributed by atoms with van der Waals surface area (Å²) in [6.45, 7) is 6.67. The van der Waals surface area contributed by atoms with E-state index < -0.39 is 15.6 Å². The van der Waals surface area contributed by atoms with E-state index in [1.807, 2.05) is 45.0 Å². The number of nitrogens with zero attached hydrogens (tertiary/aromatic N) is 2. The molecule has 0 unspecified atom stereocenters. The third-order valence-corrected chi connectivity index (χ3v) is 8.36. The van der Waals surface area contributed by atoms with Crippen LogP contribution in [-0.4, -0.2) is 49.0 Å². The van der Waals surface area contributed by atoms with Crippen LogP contribution in [0.1, 0.15) is 45.0 Å². The van der Waals surface area contributed by atoms with Crippen molar-refractivity contribution in [3.8, 4) is 0 Å². The normalized spacial score (nSPS) is 15.1. The number of carbonyl (C=O) groups is 2. The minimum absolute atomic E-state index is 0.0667. The molecule has 2 aromatic carbocycles. The van der Waals surface area contributed by atoms with Gasteiger partial charge in [0.25, 0.3) is 0 Å². The van der Waals surface area contributed by atoms with E-state index in [2.05, 4.69) is 15.0 Å². The van der Waals surface area contributed by atoms with Gasteiger partial charge in [0.15, 0.2) is 0 Å². The first-order chi connectivity index (χ1) is 17.5. The van der Waals surface area contributed by atoms with Gasteiger partial charge in [-0.3, -0.25) is 4.79 Å². The Balaban J connectivity index is 1.29. The molecule has 0 atom stereocenters. The number of hydrogen-bond acceptors (Lipinski definition) is 7. The second-order valence-corrected chi connectivity index (χ2v) is 13.0. The second-order valence-electron chi connectivity index (χ2n) is 10.1. The van der Waals surface area contributed by atoms with Gasteiger partial charge >= 0.3 is 6.09 Å². The van der Waals surface area contributed by atoms with E-state index in [0.717, 1.165) is 10.2 Å². The molecule has 0 aliphatic carbocycles. The highest BCUT2D eigenvalue weighted by molar-refractivity contribution is 7.89. The van der Waals surface area contributed by atoms with Crippen LogP contribution in [-0.2, 0) is 26.1 Å². The number of amides is 2. The van der Waals surface area contributed by atoms with E-state index in [4.69, 9.17) is 4.74 Å². The first kappa shape index (κ1) is 27.0. The fourth-order valence-corrected chi connectivity index (χ4v) is 6.13. The molecule has 0 saturated carbocycles. The summed E-state index contributed by atoms with van der Waals surface area (Å²) in [7, 11) is -3.79. The Morgan fingerprint density at radius 2 is 1.84 bits per heavy atom. The molecule has 1 aromatic heterocycles. The minimum atomic E-state index is -3.79. The van der Waals surface area contributed by atoms with Crippen LogP contribution in [0.25, 0.3) is 10.2 Å². The summed E-state index contributed by atoms with van der Waals surface area (Å²) in [5.74, 6) is -0.0474. The van der Waals surface area contributed by atoms with Crippen molar-refractivity contribution in [3.63, 3.8) is 0 Å². The number of fused-ring (bicyclic) bond motifs is 1. The lowest BCUT2D eigenvalue weighted by atomic mass is 9.93. The molecule has 9 nitrogen and oxygen atoms in total. The number of rotatable bonds is 7. The van der Waals surface area contributed by atoms with Gasteiger partial charge in [0.1, 0.15) is 10.6 Å².